The standard InChI is InChI=1S/C2H6.CH3N5.2H2/c1-2;2-1-3-5-6-4-1;;/h1-2H3;(H3,2,3,4,5,6);2*1H. The Kier molecular flexibility index (Phi) is 3.47. The largest absolute Gasteiger partial charge is 0.365 e. The van der Waals surface area contributed by atoms with Gasteiger partial charge in [-0.15, -0.1) is 5.10 Å². The minimum Gasteiger partial charge on any atom is -0.365 e. The molecular formula is C3H13N5. The van der Waals surface area contributed by atoms with E-state index in [2.05, 4.69) is 20.6 Å². The van der Waals surface area contributed by atoms with Crippen molar-refractivity contribution >= 4 is 5.95 Å². The van der Waals surface area contributed by atoms with Gasteiger partial charge in [0.1, 0.15) is 0 Å². The van der Waals surface area contributed by atoms with Crippen LogP contribution in [0.15, 0.2) is 0 Å². The second-order valence-electron chi connectivity index (χ2n) is 0.770. The van der Waals surface area contributed by atoms with Crippen molar-refractivity contribution < 1.29 is 2.85 Å². The van der Waals surface area contributed by atoms with Crippen LogP contribution in [-0.2, 0) is 0 Å². The molecular weight excluding hydrogens is 106 g/mol. The molecule has 0 aromatic carbocycles. The zero-order valence-electron chi connectivity index (χ0n) is 4.92. The van der Waals surface area contributed by atoms with Gasteiger partial charge in [0.2, 0.25) is 0 Å². The lowest BCUT2D eigenvalue weighted by molar-refractivity contribution is 0.881. The molecule has 50 valence electrons. The Bertz CT molecular complexity index is 118. The summed E-state index contributed by atoms with van der Waals surface area (Å²) in [5.41, 5.74) is 4.96. The third-order valence-electron chi connectivity index (χ3n) is 0.362. The smallest absolute Gasteiger partial charge is 0.260 e. The number of nitrogens with two attached hydrogens (primary N) is 1. The number of hydrogen-bond donors (Lipinski definition) is 2. The van der Waals surface area contributed by atoms with E-state index in [9.17, 15) is 0 Å². The number of aromatic amines is 1. The molecule has 1 aromatic heterocycles. The maximum Gasteiger partial charge on any atom is 0.260 e. The number of nitrogen functional groups attached to an aromatic ring is 1. The second kappa shape index (κ2) is 4.04. The van der Waals surface area contributed by atoms with E-state index in [4.69, 9.17) is 5.73 Å². The van der Waals surface area contributed by atoms with Gasteiger partial charge in [0.25, 0.3) is 5.95 Å². The fourth-order valence-corrected chi connectivity index (χ4v) is 0.170. The van der Waals surface area contributed by atoms with Crippen molar-refractivity contribution in [2.75, 3.05) is 5.73 Å². The molecule has 1 rings (SSSR count). The Hall–Kier alpha value is -1.13. The summed E-state index contributed by atoms with van der Waals surface area (Å²) in [7, 11) is 0. The van der Waals surface area contributed by atoms with Gasteiger partial charge in [-0.1, -0.05) is 18.9 Å². The fraction of sp³-hybridized carbons (Fsp3) is 0.667. The van der Waals surface area contributed by atoms with Crippen molar-refractivity contribution in [2.45, 2.75) is 13.8 Å². The summed E-state index contributed by atoms with van der Waals surface area (Å²) in [6.45, 7) is 4.00. The molecule has 0 aliphatic heterocycles. The van der Waals surface area contributed by atoms with Crippen LogP contribution in [0.3, 0.4) is 0 Å². The van der Waals surface area contributed by atoms with E-state index in [0.717, 1.165) is 0 Å². The molecule has 1 aromatic rings. The van der Waals surface area contributed by atoms with Gasteiger partial charge >= 0.3 is 0 Å². The summed E-state index contributed by atoms with van der Waals surface area (Å²) >= 11 is 0. The normalized spacial score (nSPS) is 7.25. The van der Waals surface area contributed by atoms with Crippen molar-refractivity contribution in [1.29, 1.82) is 0 Å². The molecule has 0 aliphatic carbocycles. The average Bonchev–Trinajstić information content (AvgIpc) is 2.24. The maximum absolute atomic E-state index is 4.96. The Labute approximate surface area is 50.3 Å². The summed E-state index contributed by atoms with van der Waals surface area (Å²) in [5.74, 6) is 0.176. The summed E-state index contributed by atoms with van der Waals surface area (Å²) < 4.78 is 0. The number of rotatable bonds is 0. The SMILES string of the molecule is CC.Nc1nn[nH]n1.[HH].[HH]. The van der Waals surface area contributed by atoms with Crippen LogP contribution in [0.4, 0.5) is 5.95 Å². The second-order valence-corrected chi connectivity index (χ2v) is 0.770. The number of tetrazole rings is 1. The Morgan fingerprint density at radius 3 is 2.38 bits per heavy atom. The van der Waals surface area contributed by atoms with E-state index >= 15 is 0 Å². The molecule has 0 saturated heterocycles. The zero-order valence-corrected chi connectivity index (χ0v) is 4.92. The van der Waals surface area contributed by atoms with E-state index in [1.807, 2.05) is 13.8 Å². The highest BCUT2D eigenvalue weighted by atomic mass is 15.5. The minimum atomic E-state index is 0. The van der Waals surface area contributed by atoms with Crippen LogP contribution in [0, 0.1) is 0 Å². The predicted octanol–water partition coefficient (Wildman–Crippen LogP) is 0.300. The van der Waals surface area contributed by atoms with E-state index < -0.39 is 0 Å². The molecule has 3 N–H and O–H groups in total. The quantitative estimate of drug-likeness (QED) is 0.514. The van der Waals surface area contributed by atoms with Crippen molar-refractivity contribution in [3.8, 4) is 0 Å². The summed E-state index contributed by atoms with van der Waals surface area (Å²) in [4.78, 5) is 0. The number of nitrogens with zero attached hydrogens (tertiary/aromatic N) is 3. The zero-order chi connectivity index (χ0) is 6.41. The summed E-state index contributed by atoms with van der Waals surface area (Å²) in [6.07, 6.45) is 0. The first-order valence-electron chi connectivity index (χ1n) is 2.38. The number of anilines is 1. The fourth-order valence-electron chi connectivity index (χ4n) is 0.170. The van der Waals surface area contributed by atoms with Gasteiger partial charge in [-0.05, 0) is 5.21 Å². The molecule has 1 heterocycles. The molecule has 5 nitrogen and oxygen atoms in total. The molecule has 0 bridgehead atoms. The van der Waals surface area contributed by atoms with Crippen molar-refractivity contribution in [3.63, 3.8) is 0 Å². The highest BCUT2D eigenvalue weighted by Crippen LogP contribution is 1.72. The topological polar surface area (TPSA) is 80.5 Å². The van der Waals surface area contributed by atoms with Gasteiger partial charge in [-0.3, -0.25) is 0 Å². The first-order valence-corrected chi connectivity index (χ1v) is 2.38. The lowest BCUT2D eigenvalue weighted by atomic mass is 11.0. The first-order chi connectivity index (χ1) is 3.89. The lowest BCUT2D eigenvalue weighted by Gasteiger charge is -1.62. The average molecular weight is 119 g/mol. The first kappa shape index (κ1) is 6.87. The minimum absolute atomic E-state index is 0. The molecule has 0 aliphatic rings. The monoisotopic (exact) mass is 119 g/mol. The molecule has 0 spiro atoms. The van der Waals surface area contributed by atoms with E-state index in [-0.39, 0.29) is 8.80 Å². The molecule has 0 amide bonds. The van der Waals surface area contributed by atoms with Crippen LogP contribution in [0.5, 0.6) is 0 Å². The highest BCUT2D eigenvalue weighted by Gasteiger charge is 1.78. The van der Waals surface area contributed by atoms with Gasteiger partial charge in [0, 0.05) is 2.85 Å². The van der Waals surface area contributed by atoms with Crippen LogP contribution in [-0.4, -0.2) is 20.6 Å². The number of hydrogen-bond acceptors (Lipinski definition) is 4. The molecule has 0 unspecified atom stereocenters. The predicted molar refractivity (Wildman–Crippen MR) is 34.2 cm³/mol. The number of H-pyrrole nitrogens is 1. The van der Waals surface area contributed by atoms with Gasteiger partial charge in [-0.2, -0.15) is 5.21 Å². The van der Waals surface area contributed by atoms with Crippen molar-refractivity contribution in [2.24, 2.45) is 0 Å². The third-order valence-corrected chi connectivity index (χ3v) is 0.362. The molecule has 0 fully saturated rings. The van der Waals surface area contributed by atoms with Crippen LogP contribution >= 0.6 is 0 Å². The summed E-state index contributed by atoms with van der Waals surface area (Å²) in [6, 6.07) is 0. The highest BCUT2D eigenvalue weighted by molar-refractivity contribution is 5.05. The van der Waals surface area contributed by atoms with Crippen LogP contribution in [0.25, 0.3) is 0 Å². The lowest BCUT2D eigenvalue weighted by Crippen LogP contribution is -1.84. The number of aromatic nitrogens is 4. The van der Waals surface area contributed by atoms with Crippen molar-refractivity contribution in [3.05, 3.63) is 0 Å². The third kappa shape index (κ3) is 2.12. The van der Waals surface area contributed by atoms with Gasteiger partial charge < -0.3 is 5.73 Å². The van der Waals surface area contributed by atoms with Crippen molar-refractivity contribution in [1.82, 2.24) is 20.6 Å². The van der Waals surface area contributed by atoms with Crippen LogP contribution in [0.1, 0.15) is 16.7 Å². The van der Waals surface area contributed by atoms with E-state index in [1.165, 1.54) is 0 Å². The van der Waals surface area contributed by atoms with Crippen LogP contribution < -0.4 is 5.73 Å². The number of nitrogens with one attached hydrogen (secondary N) is 1. The van der Waals surface area contributed by atoms with Gasteiger partial charge in [0.15, 0.2) is 0 Å². The maximum atomic E-state index is 4.96. The van der Waals surface area contributed by atoms with Gasteiger partial charge in [-0.25, -0.2) is 0 Å². The molecule has 0 radical (unpaired) electrons. The molecule has 0 atom stereocenters. The Morgan fingerprint density at radius 2 is 2.25 bits per heavy atom. The Morgan fingerprint density at radius 1 is 1.62 bits per heavy atom. The van der Waals surface area contributed by atoms with E-state index in [1.54, 1.807) is 0 Å². The molecule has 5 heteroatoms. The Balaban J connectivity index is -0.000000114. The van der Waals surface area contributed by atoms with Gasteiger partial charge in [0.05, 0.1) is 0 Å². The molecule has 8 heavy (non-hydrogen) atoms. The van der Waals surface area contributed by atoms with Crippen LogP contribution in [0.2, 0.25) is 0 Å². The summed E-state index contributed by atoms with van der Waals surface area (Å²) in [5, 5.41) is 12.0. The molecule has 0 saturated carbocycles. The van der Waals surface area contributed by atoms with E-state index in [0.29, 0.717) is 0 Å².